The molecule has 2 heterocycles. The zero-order chi connectivity index (χ0) is 26.6. The van der Waals surface area contributed by atoms with Crippen molar-refractivity contribution < 1.29 is 33.9 Å². The number of aromatic nitrogens is 2. The summed E-state index contributed by atoms with van der Waals surface area (Å²) in [6.45, 7) is 5.81. The number of rotatable bonds is 5. The van der Waals surface area contributed by atoms with Gasteiger partial charge in [-0.15, -0.1) is 0 Å². The van der Waals surface area contributed by atoms with Crippen LogP contribution in [-0.4, -0.2) is 37.7 Å². The van der Waals surface area contributed by atoms with Gasteiger partial charge in [0.2, 0.25) is 11.7 Å². The predicted molar refractivity (Wildman–Crippen MR) is 130 cm³/mol. The third kappa shape index (κ3) is 3.52. The number of fused-ring (bicyclic) bond motifs is 3. The van der Waals surface area contributed by atoms with E-state index >= 15 is 0 Å². The molecule has 5 rings (SSSR count). The van der Waals surface area contributed by atoms with E-state index in [2.05, 4.69) is 15.5 Å². The van der Waals surface area contributed by atoms with Gasteiger partial charge in [-0.05, 0) is 27.7 Å². The number of carbonyl (C=O) groups is 3. The van der Waals surface area contributed by atoms with Crippen molar-refractivity contribution in [3.8, 4) is 28.6 Å². The largest absolute Gasteiger partial charge is 0.507 e. The number of ether oxygens (including phenoxy) is 1. The summed E-state index contributed by atoms with van der Waals surface area (Å²) in [5.41, 5.74) is -0.771. The van der Waals surface area contributed by atoms with Crippen molar-refractivity contribution in [2.24, 2.45) is 0 Å². The van der Waals surface area contributed by atoms with E-state index in [0.717, 1.165) is 11.6 Å². The Morgan fingerprint density at radius 1 is 1.11 bits per heavy atom. The molecule has 1 aliphatic carbocycles. The number of carbonyl (C=O) groups excluding carboxylic acids is 3. The number of hydrogen-bond acceptors (Lipinski definition) is 10. The number of hydrogen-bond donors (Lipinski definition) is 3. The Morgan fingerprint density at radius 2 is 1.81 bits per heavy atom. The second-order valence-corrected chi connectivity index (χ2v) is 9.12. The average Bonchev–Trinajstić information content (AvgIpc) is 3.45. The highest BCUT2D eigenvalue weighted by Crippen LogP contribution is 2.57. The summed E-state index contributed by atoms with van der Waals surface area (Å²) in [5.74, 6) is -2.05. The van der Waals surface area contributed by atoms with E-state index in [9.17, 15) is 24.6 Å². The van der Waals surface area contributed by atoms with E-state index in [1.165, 1.54) is 20.8 Å². The maximum absolute atomic E-state index is 13.8. The molecule has 2 aromatic carbocycles. The number of allylic oxidation sites excluding steroid dienone is 4. The van der Waals surface area contributed by atoms with Crippen molar-refractivity contribution in [3.63, 3.8) is 0 Å². The highest BCUT2D eigenvalue weighted by molar-refractivity contribution is 6.31. The first-order valence-corrected chi connectivity index (χ1v) is 11.5. The summed E-state index contributed by atoms with van der Waals surface area (Å²) in [6.07, 6.45) is 1.16. The SMILES string of the molecule is CC(=O)c1c(O)c(C)c(O)c2c1OC1=CC(=O)/C(=C(/C)NCc3nc(-c4ccccc4)no3)C(=O)[C@]12C. The highest BCUT2D eigenvalue weighted by atomic mass is 16.5. The minimum absolute atomic E-state index is 0.0266. The molecule has 37 heavy (non-hydrogen) atoms. The van der Waals surface area contributed by atoms with Gasteiger partial charge in [-0.3, -0.25) is 14.4 Å². The van der Waals surface area contributed by atoms with Gasteiger partial charge in [0.15, 0.2) is 17.3 Å². The number of nitrogens with one attached hydrogen (secondary N) is 1. The highest BCUT2D eigenvalue weighted by Gasteiger charge is 2.56. The minimum atomic E-state index is -1.58. The van der Waals surface area contributed by atoms with E-state index in [0.29, 0.717) is 5.82 Å². The van der Waals surface area contributed by atoms with Crippen LogP contribution in [0.1, 0.15) is 48.1 Å². The van der Waals surface area contributed by atoms with Crippen molar-refractivity contribution in [3.05, 3.63) is 76.0 Å². The zero-order valence-electron chi connectivity index (χ0n) is 20.5. The first-order chi connectivity index (χ1) is 17.6. The van der Waals surface area contributed by atoms with Crippen LogP contribution in [-0.2, 0) is 21.5 Å². The lowest BCUT2D eigenvalue weighted by molar-refractivity contribution is -0.123. The average molecular weight is 501 g/mol. The molecule has 3 aromatic rings. The summed E-state index contributed by atoms with van der Waals surface area (Å²) >= 11 is 0. The number of benzene rings is 2. The van der Waals surface area contributed by atoms with E-state index in [4.69, 9.17) is 9.26 Å². The quantitative estimate of drug-likeness (QED) is 0.269. The molecule has 0 radical (unpaired) electrons. The lowest BCUT2D eigenvalue weighted by Gasteiger charge is -2.29. The second-order valence-electron chi connectivity index (χ2n) is 9.12. The molecule has 0 saturated heterocycles. The monoisotopic (exact) mass is 501 g/mol. The summed E-state index contributed by atoms with van der Waals surface area (Å²) < 4.78 is 11.1. The van der Waals surface area contributed by atoms with Crippen LogP contribution in [0.4, 0.5) is 0 Å². The lowest BCUT2D eigenvalue weighted by atomic mass is 9.70. The van der Waals surface area contributed by atoms with Gasteiger partial charge in [0, 0.05) is 22.9 Å². The van der Waals surface area contributed by atoms with E-state index in [1.54, 1.807) is 6.92 Å². The van der Waals surface area contributed by atoms with Crippen molar-refractivity contribution in [2.45, 2.75) is 39.7 Å². The van der Waals surface area contributed by atoms with Crippen LogP contribution >= 0.6 is 0 Å². The van der Waals surface area contributed by atoms with Gasteiger partial charge in [-0.1, -0.05) is 35.5 Å². The fraction of sp³-hybridized carbons (Fsp3) is 0.222. The van der Waals surface area contributed by atoms with Crippen LogP contribution in [0.3, 0.4) is 0 Å². The molecule has 0 saturated carbocycles. The Labute approximate surface area is 211 Å². The first kappa shape index (κ1) is 24.0. The standard InChI is InChI=1S/C27H23N3O7/c1-12-22(33)20(14(3)31)24-21(23(12)34)27(4)17(36-24)10-16(32)19(25(27)35)13(2)28-11-18-29-26(30-37-18)15-8-6-5-7-9-15/h5-10,28,33-34H,11H2,1-4H3/b19-13+/t27-/m1/s1. The Balaban J connectivity index is 1.51. The van der Waals surface area contributed by atoms with Crippen LogP contribution in [0.25, 0.3) is 11.4 Å². The van der Waals surface area contributed by atoms with Gasteiger partial charge < -0.3 is 24.8 Å². The molecule has 10 nitrogen and oxygen atoms in total. The molecule has 0 unspecified atom stereocenters. The lowest BCUT2D eigenvalue weighted by Crippen LogP contribution is -2.41. The molecule has 1 aliphatic heterocycles. The van der Waals surface area contributed by atoms with Crippen molar-refractivity contribution >= 4 is 17.3 Å². The molecule has 1 atom stereocenters. The Kier molecular flexibility index (Phi) is 5.47. The summed E-state index contributed by atoms with van der Waals surface area (Å²) in [6, 6.07) is 9.26. The molecule has 3 N–H and O–H groups in total. The van der Waals surface area contributed by atoms with E-state index < -0.39 is 28.5 Å². The third-order valence-corrected chi connectivity index (χ3v) is 6.76. The number of aromatic hydroxyl groups is 2. The number of nitrogens with zero attached hydrogens (tertiary/aromatic N) is 2. The van der Waals surface area contributed by atoms with Crippen LogP contribution in [0.2, 0.25) is 0 Å². The maximum Gasteiger partial charge on any atom is 0.246 e. The molecule has 0 fully saturated rings. The Morgan fingerprint density at radius 3 is 2.49 bits per heavy atom. The van der Waals surface area contributed by atoms with Gasteiger partial charge >= 0.3 is 0 Å². The number of Topliss-reactive ketones (excluding diaryl/α,β-unsaturated/α-hetero) is 2. The van der Waals surface area contributed by atoms with E-state index in [-0.39, 0.29) is 57.7 Å². The Bertz CT molecular complexity index is 1570. The third-order valence-electron chi connectivity index (χ3n) is 6.76. The zero-order valence-corrected chi connectivity index (χ0v) is 20.5. The molecule has 188 valence electrons. The summed E-state index contributed by atoms with van der Waals surface area (Å²) in [5, 5.41) is 28.3. The first-order valence-electron chi connectivity index (χ1n) is 11.5. The van der Waals surface area contributed by atoms with Gasteiger partial charge in [-0.2, -0.15) is 4.98 Å². The van der Waals surface area contributed by atoms with Crippen LogP contribution in [0, 0.1) is 6.92 Å². The van der Waals surface area contributed by atoms with E-state index in [1.807, 2.05) is 30.3 Å². The maximum atomic E-state index is 13.8. The fourth-order valence-electron chi connectivity index (χ4n) is 4.69. The van der Waals surface area contributed by atoms with Gasteiger partial charge in [0.25, 0.3) is 0 Å². The molecule has 10 heteroatoms. The molecule has 0 spiro atoms. The normalized spacial score (nSPS) is 19.6. The number of phenolic OH excluding ortho intramolecular Hbond substituents is 2. The predicted octanol–water partition coefficient (Wildman–Crippen LogP) is 3.41. The van der Waals surface area contributed by atoms with Gasteiger partial charge in [-0.25, -0.2) is 0 Å². The summed E-state index contributed by atoms with van der Waals surface area (Å²) in [7, 11) is 0. The molecular weight excluding hydrogens is 478 g/mol. The van der Waals surface area contributed by atoms with Crippen LogP contribution < -0.4 is 10.1 Å². The van der Waals surface area contributed by atoms with Crippen molar-refractivity contribution in [1.29, 1.82) is 0 Å². The Hall–Kier alpha value is -4.73. The molecule has 1 aromatic heterocycles. The summed E-state index contributed by atoms with van der Waals surface area (Å²) in [4.78, 5) is 43.5. The van der Waals surface area contributed by atoms with Crippen LogP contribution in [0.15, 0.2) is 58.0 Å². The second kappa shape index (κ2) is 8.44. The van der Waals surface area contributed by atoms with Crippen molar-refractivity contribution in [1.82, 2.24) is 15.5 Å². The molecule has 0 bridgehead atoms. The minimum Gasteiger partial charge on any atom is -0.507 e. The van der Waals surface area contributed by atoms with Crippen LogP contribution in [0.5, 0.6) is 17.2 Å². The van der Waals surface area contributed by atoms with Crippen molar-refractivity contribution in [2.75, 3.05) is 0 Å². The number of ketones is 3. The fourth-order valence-corrected chi connectivity index (χ4v) is 4.69. The number of phenols is 2. The molecule has 0 amide bonds. The topological polar surface area (TPSA) is 152 Å². The van der Waals surface area contributed by atoms with Gasteiger partial charge in [0.1, 0.15) is 34.0 Å². The molecular formula is C27H23N3O7. The molecule has 2 aliphatic rings. The van der Waals surface area contributed by atoms with Gasteiger partial charge in [0.05, 0.1) is 17.7 Å². The smallest absolute Gasteiger partial charge is 0.246 e.